The number of carbonyl (C=O) groups is 3. The summed E-state index contributed by atoms with van der Waals surface area (Å²) in [6, 6.07) is 0. The van der Waals surface area contributed by atoms with Crippen LogP contribution in [0.2, 0.25) is 0 Å². The molecule has 0 spiro atoms. The number of aliphatic hydroxyl groups is 1. The lowest BCUT2D eigenvalue weighted by molar-refractivity contribution is -0.161. The van der Waals surface area contributed by atoms with Gasteiger partial charge in [-0.15, -0.1) is 0 Å². The number of phosphoric acid groups is 1. The summed E-state index contributed by atoms with van der Waals surface area (Å²) >= 11 is 0. The predicted octanol–water partition coefficient (Wildman–Crippen LogP) is 16.9. The van der Waals surface area contributed by atoms with Gasteiger partial charge in [-0.1, -0.05) is 196 Å². The van der Waals surface area contributed by atoms with Crippen molar-refractivity contribution in [3.8, 4) is 0 Å². The minimum absolute atomic E-state index is 0.152. The first-order chi connectivity index (χ1) is 35.2. The fourth-order valence-corrected chi connectivity index (χ4v) is 8.47. The van der Waals surface area contributed by atoms with Gasteiger partial charge >= 0.3 is 25.7 Å². The SMILES string of the molecule is CC/C=C\C/C=C\C/C=C\C/C=C\CCCCC(=O)OCC(COP(=O)(O)OCC(CO)OC(=O)CCCCCCC/C=C\CCCCCC)OC(=O)CCCCCCCCC/C=C\CCCCCCCC. The molecule has 2 N–H and O–H groups in total. The zero-order chi connectivity index (χ0) is 52.7. The molecule has 0 aromatic heterocycles. The predicted molar refractivity (Wildman–Crippen MR) is 298 cm³/mol. The van der Waals surface area contributed by atoms with Crippen molar-refractivity contribution in [1.29, 1.82) is 0 Å². The number of esters is 3. The Bertz CT molecular complexity index is 1490. The largest absolute Gasteiger partial charge is 0.472 e. The molecule has 0 fully saturated rings. The fraction of sp³-hybridized carbons (Fsp3) is 0.750. The van der Waals surface area contributed by atoms with Crippen LogP contribution in [0.1, 0.15) is 252 Å². The van der Waals surface area contributed by atoms with Gasteiger partial charge in [0.1, 0.15) is 12.7 Å². The first-order valence-corrected chi connectivity index (χ1v) is 30.3. The second kappa shape index (κ2) is 54.2. The molecular formula is C60H105O11P. The number of unbranched alkanes of at least 4 members (excludes halogenated alkanes) is 24. The van der Waals surface area contributed by atoms with Crippen molar-refractivity contribution in [3.05, 3.63) is 72.9 Å². The Morgan fingerprint density at radius 3 is 1.17 bits per heavy atom. The van der Waals surface area contributed by atoms with Crippen LogP contribution in [0.5, 0.6) is 0 Å². The number of rotatable bonds is 53. The van der Waals surface area contributed by atoms with E-state index >= 15 is 0 Å². The molecule has 11 nitrogen and oxygen atoms in total. The Balaban J connectivity index is 4.79. The van der Waals surface area contributed by atoms with E-state index in [1.165, 1.54) is 83.5 Å². The highest BCUT2D eigenvalue weighted by atomic mass is 31.2. The Morgan fingerprint density at radius 2 is 0.722 bits per heavy atom. The van der Waals surface area contributed by atoms with Crippen LogP contribution in [0.25, 0.3) is 0 Å². The molecule has 0 radical (unpaired) electrons. The maximum atomic E-state index is 12.9. The topological polar surface area (TPSA) is 155 Å². The smallest absolute Gasteiger partial charge is 0.462 e. The summed E-state index contributed by atoms with van der Waals surface area (Å²) < 4.78 is 39.5. The Kier molecular flexibility index (Phi) is 51.9. The zero-order valence-corrected chi connectivity index (χ0v) is 46.8. The Hall–Kier alpha value is -3.08. The summed E-state index contributed by atoms with van der Waals surface area (Å²) in [7, 11) is -4.76. The van der Waals surface area contributed by atoms with Gasteiger partial charge in [-0.05, 0) is 109 Å². The highest BCUT2D eigenvalue weighted by molar-refractivity contribution is 7.47. The third-order valence-corrected chi connectivity index (χ3v) is 13.0. The van der Waals surface area contributed by atoms with E-state index in [-0.39, 0.29) is 25.9 Å². The summed E-state index contributed by atoms with van der Waals surface area (Å²) in [6.45, 7) is 4.46. The molecule has 0 aliphatic carbocycles. The molecule has 3 unspecified atom stereocenters. The Labute approximate surface area is 439 Å². The number of hydrogen-bond acceptors (Lipinski definition) is 10. The van der Waals surface area contributed by atoms with Crippen molar-refractivity contribution in [2.75, 3.05) is 26.4 Å². The van der Waals surface area contributed by atoms with Crippen molar-refractivity contribution in [1.82, 2.24) is 0 Å². The molecule has 0 bridgehead atoms. The number of phosphoric ester groups is 1. The van der Waals surface area contributed by atoms with E-state index in [4.69, 9.17) is 23.3 Å². The van der Waals surface area contributed by atoms with Gasteiger partial charge < -0.3 is 24.2 Å². The van der Waals surface area contributed by atoms with Gasteiger partial charge in [0.2, 0.25) is 0 Å². The normalized spacial score (nSPS) is 13.9. The molecule has 0 aliphatic rings. The van der Waals surface area contributed by atoms with Crippen LogP contribution in [0.15, 0.2) is 72.9 Å². The van der Waals surface area contributed by atoms with E-state index in [9.17, 15) is 28.9 Å². The zero-order valence-electron chi connectivity index (χ0n) is 45.9. The first-order valence-electron chi connectivity index (χ1n) is 28.8. The van der Waals surface area contributed by atoms with Gasteiger partial charge in [-0.3, -0.25) is 23.4 Å². The quantitative estimate of drug-likeness (QED) is 0.0197. The van der Waals surface area contributed by atoms with E-state index in [0.717, 1.165) is 109 Å². The van der Waals surface area contributed by atoms with Crippen LogP contribution < -0.4 is 0 Å². The molecule has 12 heteroatoms. The molecular weight excluding hydrogens is 928 g/mol. The van der Waals surface area contributed by atoms with Crippen molar-refractivity contribution in [3.63, 3.8) is 0 Å². The van der Waals surface area contributed by atoms with Crippen LogP contribution in [0.3, 0.4) is 0 Å². The summed E-state index contributed by atoms with van der Waals surface area (Å²) in [5.41, 5.74) is 0. The average Bonchev–Trinajstić information content (AvgIpc) is 3.37. The van der Waals surface area contributed by atoms with Crippen LogP contribution in [0, 0.1) is 0 Å². The molecule has 0 saturated carbocycles. The summed E-state index contributed by atoms with van der Waals surface area (Å²) in [6.07, 6.45) is 60.0. The monoisotopic (exact) mass is 1030 g/mol. The van der Waals surface area contributed by atoms with Gasteiger partial charge in [0.15, 0.2) is 6.10 Å². The molecule has 0 aromatic rings. The molecule has 0 heterocycles. The van der Waals surface area contributed by atoms with E-state index in [1.807, 2.05) is 0 Å². The first kappa shape index (κ1) is 68.9. The standard InChI is InChI=1S/C60H105O11P/c1-4-7-10-13-16-19-22-25-27-28-30-33-36-39-42-45-48-51-60(64)71-57(53-67-58(62)49-46-43-40-37-34-32-29-26-23-20-17-14-11-8-5-2)55-69-72(65,66)68-54-56(52-61)70-59(63)50-47-44-41-38-35-31-24-21-18-15-12-9-6-3/h8,11,17,20-21,24-27,29,34,37,56-57,61H,4-7,9-10,12-16,18-19,22-23,28,30-33,35-36,38-55H2,1-3H3,(H,65,66)/b11-8-,20-17-,24-21-,27-25-,29-26-,37-34-. The van der Waals surface area contributed by atoms with Crippen molar-refractivity contribution in [2.45, 2.75) is 264 Å². The number of aliphatic hydroxyl groups excluding tert-OH is 1. The molecule has 0 aromatic carbocycles. The number of allylic oxidation sites excluding steroid dienone is 12. The second-order valence-corrected chi connectivity index (χ2v) is 20.5. The minimum atomic E-state index is -4.76. The van der Waals surface area contributed by atoms with E-state index in [1.54, 1.807) is 0 Å². The lowest BCUT2D eigenvalue weighted by Crippen LogP contribution is -2.30. The Morgan fingerprint density at radius 1 is 0.403 bits per heavy atom. The van der Waals surface area contributed by atoms with E-state index < -0.39 is 57.8 Å². The molecule has 0 rings (SSSR count). The summed E-state index contributed by atoms with van der Waals surface area (Å²) in [5.74, 6) is -1.53. The maximum absolute atomic E-state index is 12.9. The highest BCUT2D eigenvalue weighted by Gasteiger charge is 2.28. The third-order valence-electron chi connectivity index (χ3n) is 12.1. The molecule has 72 heavy (non-hydrogen) atoms. The molecule has 3 atom stereocenters. The maximum Gasteiger partial charge on any atom is 0.472 e. The van der Waals surface area contributed by atoms with Crippen molar-refractivity contribution >= 4 is 25.7 Å². The van der Waals surface area contributed by atoms with Gasteiger partial charge in [-0.25, -0.2) is 4.57 Å². The summed E-state index contributed by atoms with van der Waals surface area (Å²) in [5, 5.41) is 9.80. The minimum Gasteiger partial charge on any atom is -0.462 e. The van der Waals surface area contributed by atoms with E-state index in [0.29, 0.717) is 19.3 Å². The van der Waals surface area contributed by atoms with Crippen LogP contribution in [-0.2, 0) is 42.2 Å². The van der Waals surface area contributed by atoms with Gasteiger partial charge in [-0.2, -0.15) is 0 Å². The van der Waals surface area contributed by atoms with E-state index in [2.05, 4.69) is 93.7 Å². The molecule has 0 saturated heterocycles. The van der Waals surface area contributed by atoms with Gasteiger partial charge in [0.25, 0.3) is 0 Å². The number of ether oxygens (including phenoxy) is 3. The second-order valence-electron chi connectivity index (χ2n) is 19.1. The third kappa shape index (κ3) is 51.8. The lowest BCUT2D eigenvalue weighted by atomic mass is 10.1. The number of carbonyl (C=O) groups excluding carboxylic acids is 3. The highest BCUT2D eigenvalue weighted by Crippen LogP contribution is 2.43. The molecule has 0 aliphatic heterocycles. The molecule has 0 amide bonds. The average molecular weight is 1030 g/mol. The van der Waals surface area contributed by atoms with Crippen LogP contribution in [-0.4, -0.2) is 66.5 Å². The fourth-order valence-electron chi connectivity index (χ4n) is 7.69. The van der Waals surface area contributed by atoms with Crippen molar-refractivity contribution in [2.24, 2.45) is 0 Å². The van der Waals surface area contributed by atoms with Crippen LogP contribution in [0.4, 0.5) is 0 Å². The van der Waals surface area contributed by atoms with Gasteiger partial charge in [0.05, 0.1) is 19.8 Å². The number of hydrogen-bond donors (Lipinski definition) is 2. The van der Waals surface area contributed by atoms with Crippen LogP contribution >= 0.6 is 7.82 Å². The lowest BCUT2D eigenvalue weighted by Gasteiger charge is -2.21. The summed E-state index contributed by atoms with van der Waals surface area (Å²) in [4.78, 5) is 48.5. The van der Waals surface area contributed by atoms with Gasteiger partial charge in [0, 0.05) is 19.3 Å². The molecule has 416 valence electrons. The van der Waals surface area contributed by atoms with Crippen molar-refractivity contribution < 1.29 is 52.2 Å².